The minimum Gasteiger partial charge on any atom is -0.480 e. The fourth-order valence-electron chi connectivity index (χ4n) is 3.82. The average Bonchev–Trinajstić information content (AvgIpc) is 3.48. The summed E-state index contributed by atoms with van der Waals surface area (Å²) >= 11 is 0. The van der Waals surface area contributed by atoms with Crippen molar-refractivity contribution in [2.45, 2.75) is 20.0 Å². The fourth-order valence-corrected chi connectivity index (χ4v) is 3.82. The van der Waals surface area contributed by atoms with E-state index in [0.29, 0.717) is 28.1 Å². The molecule has 35 heavy (non-hydrogen) atoms. The standard InChI is InChI=1S/C27H21N3O5/c1-18(31)19-8-10-22(11-9-19)30(16-23-5-4-12-35-23)27(34)20(14-28)13-21-15-29(17-26(32)33)25-7-3-2-6-24(21)25/h2-13,15H,16-17H2,1H3,(H,32,33)/b20-13+. The molecule has 0 spiro atoms. The Morgan fingerprint density at radius 1 is 1.09 bits per heavy atom. The van der Waals surface area contributed by atoms with Gasteiger partial charge in [0.05, 0.1) is 12.8 Å². The molecule has 8 nitrogen and oxygen atoms in total. The summed E-state index contributed by atoms with van der Waals surface area (Å²) in [5.41, 5.74) is 2.09. The van der Waals surface area contributed by atoms with Crippen LogP contribution in [0.1, 0.15) is 28.6 Å². The van der Waals surface area contributed by atoms with Crippen LogP contribution in [-0.4, -0.2) is 27.3 Å². The predicted molar refractivity (Wildman–Crippen MR) is 130 cm³/mol. The number of amides is 1. The molecule has 0 aliphatic carbocycles. The van der Waals surface area contributed by atoms with Crippen LogP contribution in [0.25, 0.3) is 17.0 Å². The fraction of sp³-hybridized carbons (Fsp3) is 0.111. The maximum Gasteiger partial charge on any atom is 0.323 e. The van der Waals surface area contributed by atoms with Gasteiger partial charge in [0.1, 0.15) is 23.9 Å². The Morgan fingerprint density at radius 3 is 2.46 bits per heavy atom. The van der Waals surface area contributed by atoms with Crippen LogP contribution in [0.3, 0.4) is 0 Å². The van der Waals surface area contributed by atoms with Gasteiger partial charge < -0.3 is 19.0 Å². The first-order valence-electron chi connectivity index (χ1n) is 10.7. The highest BCUT2D eigenvalue weighted by atomic mass is 16.4. The number of carbonyl (C=O) groups excluding carboxylic acids is 2. The Kier molecular flexibility index (Phi) is 6.60. The lowest BCUT2D eigenvalue weighted by atomic mass is 10.1. The number of Topliss-reactive ketones (excluding diaryl/α,β-unsaturated/α-hetero) is 1. The van der Waals surface area contributed by atoms with Crippen molar-refractivity contribution in [3.8, 4) is 6.07 Å². The van der Waals surface area contributed by atoms with Crippen molar-refractivity contribution in [2.75, 3.05) is 4.90 Å². The third-order valence-electron chi connectivity index (χ3n) is 5.50. The highest BCUT2D eigenvalue weighted by Crippen LogP contribution is 2.26. The van der Waals surface area contributed by atoms with Crippen LogP contribution in [0.2, 0.25) is 0 Å². The van der Waals surface area contributed by atoms with E-state index in [-0.39, 0.29) is 24.4 Å². The second kappa shape index (κ2) is 9.93. The number of carbonyl (C=O) groups is 3. The number of para-hydroxylation sites is 1. The van der Waals surface area contributed by atoms with E-state index < -0.39 is 11.9 Å². The Balaban J connectivity index is 1.76. The summed E-state index contributed by atoms with van der Waals surface area (Å²) in [4.78, 5) is 37.9. The third kappa shape index (κ3) is 5.04. The third-order valence-corrected chi connectivity index (χ3v) is 5.50. The summed E-state index contributed by atoms with van der Waals surface area (Å²) in [5, 5.41) is 19.9. The van der Waals surface area contributed by atoms with Gasteiger partial charge in [0, 0.05) is 33.9 Å². The molecule has 2 aromatic heterocycles. The van der Waals surface area contributed by atoms with E-state index >= 15 is 0 Å². The van der Waals surface area contributed by atoms with E-state index in [2.05, 4.69) is 0 Å². The first-order valence-corrected chi connectivity index (χ1v) is 10.7. The van der Waals surface area contributed by atoms with Gasteiger partial charge in [-0.1, -0.05) is 18.2 Å². The Bertz CT molecular complexity index is 1470. The maximum atomic E-state index is 13.6. The quantitative estimate of drug-likeness (QED) is 0.229. The van der Waals surface area contributed by atoms with E-state index in [1.807, 2.05) is 6.07 Å². The average molecular weight is 467 g/mol. The Hall–Kier alpha value is -4.90. The summed E-state index contributed by atoms with van der Waals surface area (Å²) in [6, 6.07) is 19.1. The highest BCUT2D eigenvalue weighted by Gasteiger charge is 2.23. The smallest absolute Gasteiger partial charge is 0.323 e. The van der Waals surface area contributed by atoms with Crippen LogP contribution in [0.5, 0.6) is 0 Å². The van der Waals surface area contributed by atoms with Crippen LogP contribution in [0.15, 0.2) is 83.1 Å². The SMILES string of the molecule is CC(=O)c1ccc(N(Cc2ccco2)C(=O)/C(C#N)=C/c2cn(CC(=O)O)c3ccccc23)cc1. The number of carboxylic acid groups (broad SMARTS) is 1. The van der Waals surface area contributed by atoms with Gasteiger partial charge in [-0.15, -0.1) is 0 Å². The minimum atomic E-state index is -1.00. The number of nitriles is 1. The van der Waals surface area contributed by atoms with Crippen molar-refractivity contribution in [1.29, 1.82) is 5.26 Å². The van der Waals surface area contributed by atoms with E-state index in [0.717, 1.165) is 5.39 Å². The zero-order valence-electron chi connectivity index (χ0n) is 18.8. The number of rotatable bonds is 8. The Labute approximate surface area is 200 Å². The number of aromatic nitrogens is 1. The van der Waals surface area contributed by atoms with Crippen LogP contribution in [-0.2, 0) is 22.7 Å². The molecule has 0 unspecified atom stereocenters. The van der Waals surface area contributed by atoms with Gasteiger partial charge in [-0.2, -0.15) is 5.26 Å². The number of nitrogens with zero attached hydrogens (tertiary/aromatic N) is 3. The zero-order valence-corrected chi connectivity index (χ0v) is 18.8. The zero-order chi connectivity index (χ0) is 24.9. The first kappa shape index (κ1) is 23.3. The lowest BCUT2D eigenvalue weighted by Crippen LogP contribution is -2.31. The van der Waals surface area contributed by atoms with Gasteiger partial charge in [0.25, 0.3) is 5.91 Å². The number of fused-ring (bicyclic) bond motifs is 1. The minimum absolute atomic E-state index is 0.0744. The highest BCUT2D eigenvalue weighted by molar-refractivity contribution is 6.12. The number of anilines is 1. The molecule has 0 aliphatic rings. The van der Waals surface area contributed by atoms with Crippen molar-refractivity contribution in [2.24, 2.45) is 0 Å². The molecule has 174 valence electrons. The van der Waals surface area contributed by atoms with Crippen LogP contribution >= 0.6 is 0 Å². The number of carboxylic acids is 1. The molecule has 1 amide bonds. The molecule has 8 heteroatoms. The molecule has 0 aliphatic heterocycles. The summed E-state index contributed by atoms with van der Waals surface area (Å²) in [6.07, 6.45) is 4.57. The van der Waals surface area contributed by atoms with E-state index in [9.17, 15) is 24.8 Å². The predicted octanol–water partition coefficient (Wildman–Crippen LogP) is 4.66. The van der Waals surface area contributed by atoms with E-state index in [1.165, 1.54) is 24.2 Å². The molecular formula is C27H21N3O5. The van der Waals surface area contributed by atoms with Crippen molar-refractivity contribution >= 4 is 40.3 Å². The molecule has 0 radical (unpaired) electrons. The molecule has 2 heterocycles. The molecular weight excluding hydrogens is 446 g/mol. The maximum absolute atomic E-state index is 13.6. The van der Waals surface area contributed by atoms with Gasteiger partial charge in [0.15, 0.2) is 5.78 Å². The normalized spacial score (nSPS) is 11.3. The number of aliphatic carboxylic acids is 1. The second-order valence-corrected chi connectivity index (χ2v) is 7.87. The number of furan rings is 1. The van der Waals surface area contributed by atoms with Gasteiger partial charge in [-0.3, -0.25) is 14.4 Å². The summed E-state index contributed by atoms with van der Waals surface area (Å²) in [7, 11) is 0. The van der Waals surface area contributed by atoms with Gasteiger partial charge in [0.2, 0.25) is 0 Å². The number of ketones is 1. The molecule has 0 saturated heterocycles. The van der Waals surface area contributed by atoms with Gasteiger partial charge in [-0.05, 0) is 55.5 Å². The van der Waals surface area contributed by atoms with E-state index in [1.54, 1.807) is 71.4 Å². The number of hydrogen-bond donors (Lipinski definition) is 1. The number of hydrogen-bond acceptors (Lipinski definition) is 5. The van der Waals surface area contributed by atoms with Crippen LogP contribution in [0, 0.1) is 11.3 Å². The summed E-state index contributed by atoms with van der Waals surface area (Å²) in [6.45, 7) is 1.28. The molecule has 4 rings (SSSR count). The molecule has 0 fully saturated rings. The van der Waals surface area contributed by atoms with E-state index in [4.69, 9.17) is 4.42 Å². The molecule has 1 N–H and O–H groups in total. The molecule has 0 bridgehead atoms. The van der Waals surface area contributed by atoms with Crippen molar-refractivity contribution in [1.82, 2.24) is 4.57 Å². The molecule has 2 aromatic carbocycles. The molecule has 4 aromatic rings. The first-order chi connectivity index (χ1) is 16.9. The van der Waals surface area contributed by atoms with Crippen LogP contribution < -0.4 is 4.90 Å². The molecule has 0 saturated carbocycles. The summed E-state index contributed by atoms with van der Waals surface area (Å²) < 4.78 is 6.98. The topological polar surface area (TPSA) is 117 Å². The lowest BCUT2D eigenvalue weighted by molar-refractivity contribution is -0.137. The van der Waals surface area contributed by atoms with Crippen molar-refractivity contribution < 1.29 is 23.9 Å². The second-order valence-electron chi connectivity index (χ2n) is 7.87. The largest absolute Gasteiger partial charge is 0.480 e. The Morgan fingerprint density at radius 2 is 1.83 bits per heavy atom. The number of benzene rings is 2. The summed E-state index contributed by atoms with van der Waals surface area (Å²) in [5.74, 6) is -1.15. The van der Waals surface area contributed by atoms with Crippen LogP contribution in [0.4, 0.5) is 5.69 Å². The van der Waals surface area contributed by atoms with Gasteiger partial charge >= 0.3 is 5.97 Å². The molecule has 0 atom stereocenters. The lowest BCUT2D eigenvalue weighted by Gasteiger charge is -2.21. The monoisotopic (exact) mass is 467 g/mol. The van der Waals surface area contributed by atoms with Crippen molar-refractivity contribution in [3.05, 3.63) is 95.6 Å². The van der Waals surface area contributed by atoms with Crippen molar-refractivity contribution in [3.63, 3.8) is 0 Å². The van der Waals surface area contributed by atoms with Gasteiger partial charge in [-0.25, -0.2) is 0 Å².